The van der Waals surface area contributed by atoms with Crippen LogP contribution in [-0.2, 0) is 0 Å². The predicted molar refractivity (Wildman–Crippen MR) is 62.4 cm³/mol. The topological polar surface area (TPSA) is 70.8 Å². The molecule has 1 heterocycles. The third-order valence-corrected chi connectivity index (χ3v) is 2.80. The lowest BCUT2D eigenvalue weighted by Gasteiger charge is -2.22. The van der Waals surface area contributed by atoms with Crippen molar-refractivity contribution in [2.45, 2.75) is 0 Å². The first-order valence-electron chi connectivity index (χ1n) is 5.08. The molecule has 0 saturated heterocycles. The first-order chi connectivity index (χ1) is 8.19. The molecule has 0 aliphatic carbocycles. The van der Waals surface area contributed by atoms with E-state index in [1.54, 1.807) is 6.07 Å². The van der Waals surface area contributed by atoms with Gasteiger partial charge in [0, 0.05) is 6.07 Å². The Morgan fingerprint density at radius 2 is 2.24 bits per heavy atom. The number of methoxy groups -OCH3 is 1. The van der Waals surface area contributed by atoms with Crippen LogP contribution < -0.4 is 19.9 Å². The van der Waals surface area contributed by atoms with Crippen molar-refractivity contribution >= 4 is 17.4 Å². The van der Waals surface area contributed by atoms with Crippen LogP contribution in [0.5, 0.6) is 17.2 Å². The van der Waals surface area contributed by atoms with E-state index in [1.807, 2.05) is 0 Å². The zero-order valence-electron chi connectivity index (χ0n) is 9.29. The summed E-state index contributed by atoms with van der Waals surface area (Å²) in [4.78, 5) is 11.8. The number of hydrogen-bond acceptors (Lipinski definition) is 5. The van der Waals surface area contributed by atoms with Crippen LogP contribution in [0.2, 0.25) is 5.02 Å². The first-order valence-corrected chi connectivity index (χ1v) is 5.46. The minimum atomic E-state index is -0.310. The number of nitrogens with two attached hydrogens (primary N) is 1. The molecule has 1 aliphatic heterocycles. The van der Waals surface area contributed by atoms with Crippen molar-refractivity contribution in [3.8, 4) is 17.2 Å². The van der Waals surface area contributed by atoms with Crippen LogP contribution >= 0.6 is 11.6 Å². The quantitative estimate of drug-likeness (QED) is 0.826. The van der Waals surface area contributed by atoms with Crippen LogP contribution in [-0.4, -0.2) is 32.7 Å². The van der Waals surface area contributed by atoms with Crippen molar-refractivity contribution in [3.63, 3.8) is 0 Å². The number of carbonyl (C=O) groups is 1. The molecule has 1 aromatic carbocycles. The maximum Gasteiger partial charge on any atom is 0.181 e. The molecule has 17 heavy (non-hydrogen) atoms. The van der Waals surface area contributed by atoms with E-state index in [9.17, 15) is 4.79 Å². The zero-order chi connectivity index (χ0) is 12.4. The van der Waals surface area contributed by atoms with Gasteiger partial charge in [-0.25, -0.2) is 0 Å². The van der Waals surface area contributed by atoms with Crippen molar-refractivity contribution < 1.29 is 19.0 Å². The monoisotopic (exact) mass is 257 g/mol. The number of ether oxygens (including phenoxy) is 3. The number of carbonyl (C=O) groups excluding carboxylic acids is 1. The third-order valence-electron chi connectivity index (χ3n) is 2.42. The average Bonchev–Trinajstić information content (AvgIpc) is 2.37. The largest absolute Gasteiger partial charge is 0.495 e. The van der Waals surface area contributed by atoms with Crippen LogP contribution in [0, 0.1) is 0 Å². The molecule has 92 valence electrons. The average molecular weight is 258 g/mol. The summed E-state index contributed by atoms with van der Waals surface area (Å²) in [7, 11) is 1.47. The summed E-state index contributed by atoms with van der Waals surface area (Å²) in [5.41, 5.74) is 5.58. The SMILES string of the molecule is COc1cc2c(c(C(=O)CN)c1Cl)OCCO2. The van der Waals surface area contributed by atoms with Crippen LogP contribution in [0.25, 0.3) is 0 Å². The fraction of sp³-hybridized carbons (Fsp3) is 0.364. The molecule has 0 saturated carbocycles. The van der Waals surface area contributed by atoms with Crippen molar-refractivity contribution in [3.05, 3.63) is 16.7 Å². The molecule has 2 N–H and O–H groups in total. The Balaban J connectivity index is 2.63. The molecule has 1 aromatic rings. The molecule has 0 aromatic heterocycles. The summed E-state index contributed by atoms with van der Waals surface area (Å²) in [5.74, 6) is 0.857. The standard InChI is InChI=1S/C11H12ClNO4/c1-15-7-4-8-11(17-3-2-16-8)9(10(7)12)6(14)5-13/h4H,2-3,5,13H2,1H3. The Hall–Kier alpha value is -1.46. The fourth-order valence-electron chi connectivity index (χ4n) is 1.64. The number of Topliss-reactive ketones (excluding diaryl/α,β-unsaturated/α-hetero) is 1. The van der Waals surface area contributed by atoms with Crippen LogP contribution in [0.3, 0.4) is 0 Å². The van der Waals surface area contributed by atoms with Gasteiger partial charge in [0.15, 0.2) is 17.3 Å². The molecular weight excluding hydrogens is 246 g/mol. The summed E-state index contributed by atoms with van der Waals surface area (Å²) in [6, 6.07) is 1.60. The Kier molecular flexibility index (Phi) is 3.40. The lowest BCUT2D eigenvalue weighted by Crippen LogP contribution is -2.21. The van der Waals surface area contributed by atoms with E-state index in [4.69, 9.17) is 31.5 Å². The normalized spacial score (nSPS) is 13.4. The van der Waals surface area contributed by atoms with Crippen LogP contribution in [0.1, 0.15) is 10.4 Å². The van der Waals surface area contributed by atoms with Gasteiger partial charge in [-0.3, -0.25) is 4.79 Å². The molecular formula is C11H12ClNO4. The summed E-state index contributed by atoms with van der Waals surface area (Å²) < 4.78 is 15.9. The number of fused-ring (bicyclic) bond motifs is 1. The number of rotatable bonds is 3. The van der Waals surface area contributed by atoms with E-state index in [0.29, 0.717) is 30.5 Å². The Morgan fingerprint density at radius 1 is 1.53 bits per heavy atom. The lowest BCUT2D eigenvalue weighted by atomic mass is 10.1. The smallest absolute Gasteiger partial charge is 0.181 e. The van der Waals surface area contributed by atoms with E-state index in [0.717, 1.165) is 0 Å². The molecule has 1 aliphatic rings. The molecule has 0 radical (unpaired) electrons. The highest BCUT2D eigenvalue weighted by Gasteiger charge is 2.26. The Bertz CT molecular complexity index is 461. The zero-order valence-corrected chi connectivity index (χ0v) is 10.0. The van der Waals surface area contributed by atoms with Crippen LogP contribution in [0.4, 0.5) is 0 Å². The van der Waals surface area contributed by atoms with Gasteiger partial charge in [0.1, 0.15) is 19.0 Å². The van der Waals surface area contributed by atoms with Crippen molar-refractivity contribution in [1.29, 1.82) is 0 Å². The van der Waals surface area contributed by atoms with Gasteiger partial charge in [0.2, 0.25) is 0 Å². The fourth-order valence-corrected chi connectivity index (χ4v) is 1.96. The minimum absolute atomic E-state index is 0.150. The van der Waals surface area contributed by atoms with E-state index in [1.165, 1.54) is 7.11 Å². The molecule has 0 fully saturated rings. The van der Waals surface area contributed by atoms with Crippen molar-refractivity contribution in [2.75, 3.05) is 26.9 Å². The van der Waals surface area contributed by atoms with Gasteiger partial charge < -0.3 is 19.9 Å². The number of hydrogen-bond donors (Lipinski definition) is 1. The highest BCUT2D eigenvalue weighted by Crippen LogP contribution is 2.43. The molecule has 2 rings (SSSR count). The van der Waals surface area contributed by atoms with Gasteiger partial charge in [0.05, 0.1) is 24.2 Å². The minimum Gasteiger partial charge on any atom is -0.495 e. The predicted octanol–water partition coefficient (Wildman–Crippen LogP) is 1.26. The second kappa shape index (κ2) is 4.81. The first kappa shape index (κ1) is 12.0. The van der Waals surface area contributed by atoms with Gasteiger partial charge in [-0.1, -0.05) is 11.6 Å². The van der Waals surface area contributed by atoms with E-state index in [-0.39, 0.29) is 22.9 Å². The summed E-state index contributed by atoms with van der Waals surface area (Å²) in [6.45, 7) is 0.650. The molecule has 6 heteroatoms. The van der Waals surface area contributed by atoms with E-state index in [2.05, 4.69) is 0 Å². The molecule has 0 unspecified atom stereocenters. The Morgan fingerprint density at radius 3 is 2.88 bits per heavy atom. The molecule has 0 bridgehead atoms. The van der Waals surface area contributed by atoms with Gasteiger partial charge in [0.25, 0.3) is 0 Å². The maximum atomic E-state index is 11.8. The van der Waals surface area contributed by atoms with Gasteiger partial charge in [-0.2, -0.15) is 0 Å². The summed E-state index contributed by atoms with van der Waals surface area (Å²) in [5, 5.41) is 0.201. The van der Waals surface area contributed by atoms with Crippen molar-refractivity contribution in [1.82, 2.24) is 0 Å². The highest BCUT2D eigenvalue weighted by molar-refractivity contribution is 6.36. The maximum absolute atomic E-state index is 11.8. The highest BCUT2D eigenvalue weighted by atomic mass is 35.5. The molecule has 0 spiro atoms. The summed E-state index contributed by atoms with van der Waals surface area (Å²) in [6.07, 6.45) is 0. The second-order valence-electron chi connectivity index (χ2n) is 3.42. The summed E-state index contributed by atoms with van der Waals surface area (Å²) >= 11 is 6.08. The Labute approximate surface area is 103 Å². The van der Waals surface area contributed by atoms with E-state index >= 15 is 0 Å². The molecule has 0 amide bonds. The van der Waals surface area contributed by atoms with Gasteiger partial charge in [-0.15, -0.1) is 0 Å². The number of benzene rings is 1. The van der Waals surface area contributed by atoms with Gasteiger partial charge >= 0.3 is 0 Å². The van der Waals surface area contributed by atoms with Crippen LogP contribution in [0.15, 0.2) is 6.07 Å². The van der Waals surface area contributed by atoms with E-state index < -0.39 is 0 Å². The van der Waals surface area contributed by atoms with Gasteiger partial charge in [-0.05, 0) is 0 Å². The molecule has 0 atom stereocenters. The molecule has 5 nitrogen and oxygen atoms in total. The lowest BCUT2D eigenvalue weighted by molar-refractivity contribution is 0.0989. The number of ketones is 1. The number of halogens is 1. The second-order valence-corrected chi connectivity index (χ2v) is 3.80. The third kappa shape index (κ3) is 2.03. The van der Waals surface area contributed by atoms with Crippen molar-refractivity contribution in [2.24, 2.45) is 5.73 Å².